The van der Waals surface area contributed by atoms with Crippen molar-refractivity contribution in [2.75, 3.05) is 20.6 Å². The van der Waals surface area contributed by atoms with Crippen LogP contribution in [-0.2, 0) is 16.6 Å². The zero-order valence-corrected chi connectivity index (χ0v) is 18.8. The van der Waals surface area contributed by atoms with Gasteiger partial charge in [0.1, 0.15) is 0 Å². The number of nitrogens with one attached hydrogen (secondary N) is 3. The third-order valence-electron chi connectivity index (χ3n) is 4.74. The monoisotopic (exact) mass is 494 g/mol. The van der Waals surface area contributed by atoms with Gasteiger partial charge in [0.2, 0.25) is 10.0 Å². The molecule has 0 aromatic heterocycles. The molecule has 0 atom stereocenters. The first kappa shape index (κ1) is 23.2. The summed E-state index contributed by atoms with van der Waals surface area (Å²) in [5.41, 5.74) is 1.00. The third kappa shape index (κ3) is 7.40. The summed E-state index contributed by atoms with van der Waals surface area (Å²) >= 11 is 0. The molecule has 3 N–H and O–H groups in total. The third-order valence-corrected chi connectivity index (χ3v) is 6.17. The van der Waals surface area contributed by atoms with Crippen molar-refractivity contribution in [3.8, 4) is 0 Å². The first-order valence-corrected chi connectivity index (χ1v) is 10.5. The first-order chi connectivity index (χ1) is 12.0. The molecule has 1 aliphatic rings. The van der Waals surface area contributed by atoms with Crippen molar-refractivity contribution in [2.24, 2.45) is 10.9 Å². The molecule has 6 nitrogen and oxygen atoms in total. The minimum atomic E-state index is -3.38. The average molecular weight is 494 g/mol. The standard InChI is InChI=1S/C18H30N4O2S.HI/c1-19-18(21-13-5-8-15-6-3-4-7-15)22-14-16-9-11-17(12-10-16)25(23,24)20-2;/h9-12,15,20H,3-8,13-14H2,1-2H3,(H2,19,21,22);1H. The molecule has 0 bridgehead atoms. The van der Waals surface area contributed by atoms with E-state index in [1.54, 1.807) is 19.2 Å². The van der Waals surface area contributed by atoms with Gasteiger partial charge in [-0.25, -0.2) is 13.1 Å². The quantitative estimate of drug-likeness (QED) is 0.225. The van der Waals surface area contributed by atoms with Crippen LogP contribution in [0.2, 0.25) is 0 Å². The maximum Gasteiger partial charge on any atom is 0.240 e. The second-order valence-electron chi connectivity index (χ2n) is 6.50. The summed E-state index contributed by atoms with van der Waals surface area (Å²) in [6.45, 7) is 1.53. The van der Waals surface area contributed by atoms with Crippen molar-refractivity contribution in [3.63, 3.8) is 0 Å². The molecule has 0 amide bonds. The van der Waals surface area contributed by atoms with Gasteiger partial charge in [-0.1, -0.05) is 37.8 Å². The van der Waals surface area contributed by atoms with Gasteiger partial charge in [0, 0.05) is 20.1 Å². The lowest BCUT2D eigenvalue weighted by atomic mass is 10.0. The number of nitrogens with zero attached hydrogens (tertiary/aromatic N) is 1. The summed E-state index contributed by atoms with van der Waals surface area (Å²) in [6.07, 6.45) is 8.05. The molecule has 0 radical (unpaired) electrons. The smallest absolute Gasteiger partial charge is 0.240 e. The lowest BCUT2D eigenvalue weighted by molar-refractivity contribution is 0.481. The Hall–Kier alpha value is -0.870. The Labute approximate surface area is 174 Å². The lowest BCUT2D eigenvalue weighted by Gasteiger charge is -2.13. The maximum atomic E-state index is 11.7. The van der Waals surface area contributed by atoms with E-state index in [1.807, 2.05) is 12.1 Å². The molecule has 1 saturated carbocycles. The van der Waals surface area contributed by atoms with Gasteiger partial charge >= 0.3 is 0 Å². The maximum absolute atomic E-state index is 11.7. The molecule has 8 heteroatoms. The van der Waals surface area contributed by atoms with Crippen LogP contribution in [0.3, 0.4) is 0 Å². The van der Waals surface area contributed by atoms with Crippen molar-refractivity contribution in [1.82, 2.24) is 15.4 Å². The largest absolute Gasteiger partial charge is 0.356 e. The van der Waals surface area contributed by atoms with E-state index in [1.165, 1.54) is 45.6 Å². The Morgan fingerprint density at radius 3 is 2.38 bits per heavy atom. The van der Waals surface area contributed by atoms with Crippen molar-refractivity contribution in [3.05, 3.63) is 29.8 Å². The van der Waals surface area contributed by atoms with Crippen molar-refractivity contribution >= 4 is 40.0 Å². The van der Waals surface area contributed by atoms with E-state index < -0.39 is 10.0 Å². The van der Waals surface area contributed by atoms with E-state index in [0.717, 1.165) is 24.0 Å². The molecule has 0 heterocycles. The van der Waals surface area contributed by atoms with E-state index in [-0.39, 0.29) is 28.9 Å². The second-order valence-corrected chi connectivity index (χ2v) is 8.38. The van der Waals surface area contributed by atoms with Gasteiger partial charge in [-0.3, -0.25) is 4.99 Å². The van der Waals surface area contributed by atoms with E-state index in [4.69, 9.17) is 0 Å². The fourth-order valence-electron chi connectivity index (χ4n) is 3.21. The summed E-state index contributed by atoms with van der Waals surface area (Å²) in [5, 5.41) is 6.60. The van der Waals surface area contributed by atoms with Crippen LogP contribution in [0.4, 0.5) is 0 Å². The fraction of sp³-hybridized carbons (Fsp3) is 0.611. The molecule has 0 saturated heterocycles. The molecule has 1 aromatic carbocycles. The van der Waals surface area contributed by atoms with Gasteiger partial charge in [-0.05, 0) is 43.5 Å². The number of halogens is 1. The molecule has 0 aliphatic heterocycles. The Balaban J connectivity index is 0.00000338. The number of rotatable bonds is 8. The van der Waals surface area contributed by atoms with Gasteiger partial charge in [-0.2, -0.15) is 0 Å². The minimum Gasteiger partial charge on any atom is -0.356 e. The van der Waals surface area contributed by atoms with Crippen LogP contribution in [0.25, 0.3) is 0 Å². The highest BCUT2D eigenvalue weighted by Gasteiger charge is 2.14. The molecule has 1 aromatic rings. The van der Waals surface area contributed by atoms with Crippen LogP contribution in [-0.4, -0.2) is 35.0 Å². The zero-order chi connectivity index (χ0) is 18.1. The summed E-state index contributed by atoms with van der Waals surface area (Å²) in [7, 11) is -0.211. The number of hydrogen-bond acceptors (Lipinski definition) is 3. The molecule has 1 aliphatic carbocycles. The predicted molar refractivity (Wildman–Crippen MR) is 117 cm³/mol. The lowest BCUT2D eigenvalue weighted by Crippen LogP contribution is -2.37. The van der Waals surface area contributed by atoms with Crippen LogP contribution in [0.5, 0.6) is 0 Å². The Kier molecular flexibility index (Phi) is 10.5. The summed E-state index contributed by atoms with van der Waals surface area (Å²) in [4.78, 5) is 4.50. The Bertz CT molecular complexity index is 656. The molecule has 1 fully saturated rings. The van der Waals surface area contributed by atoms with Crippen molar-refractivity contribution < 1.29 is 8.42 Å². The normalized spacial score (nSPS) is 15.5. The van der Waals surface area contributed by atoms with Gasteiger partial charge < -0.3 is 10.6 Å². The van der Waals surface area contributed by atoms with E-state index in [0.29, 0.717) is 6.54 Å². The molecule has 26 heavy (non-hydrogen) atoms. The van der Waals surface area contributed by atoms with Crippen LogP contribution in [0.1, 0.15) is 44.1 Å². The van der Waals surface area contributed by atoms with Crippen molar-refractivity contribution in [1.29, 1.82) is 0 Å². The number of hydrogen-bond donors (Lipinski definition) is 3. The molecule has 0 unspecified atom stereocenters. The molecule has 148 valence electrons. The Morgan fingerprint density at radius 1 is 1.15 bits per heavy atom. The number of benzene rings is 1. The van der Waals surface area contributed by atoms with E-state index >= 15 is 0 Å². The van der Waals surface area contributed by atoms with Crippen molar-refractivity contribution in [2.45, 2.75) is 50.0 Å². The predicted octanol–water partition coefficient (Wildman–Crippen LogP) is 2.85. The summed E-state index contributed by atoms with van der Waals surface area (Å²) < 4.78 is 25.7. The minimum absolute atomic E-state index is 0. The van der Waals surface area contributed by atoms with Crippen LogP contribution in [0, 0.1) is 5.92 Å². The van der Waals surface area contributed by atoms with Crippen LogP contribution < -0.4 is 15.4 Å². The van der Waals surface area contributed by atoms with Crippen LogP contribution >= 0.6 is 24.0 Å². The zero-order valence-electron chi connectivity index (χ0n) is 15.6. The number of sulfonamides is 1. The first-order valence-electron chi connectivity index (χ1n) is 9.02. The number of aliphatic imine (C=N–C) groups is 1. The van der Waals surface area contributed by atoms with Gasteiger partial charge in [0.15, 0.2) is 5.96 Å². The highest BCUT2D eigenvalue weighted by atomic mass is 127. The van der Waals surface area contributed by atoms with Gasteiger partial charge in [0.05, 0.1) is 4.90 Å². The Morgan fingerprint density at radius 2 is 1.81 bits per heavy atom. The van der Waals surface area contributed by atoms with Crippen LogP contribution in [0.15, 0.2) is 34.2 Å². The topological polar surface area (TPSA) is 82.6 Å². The van der Waals surface area contributed by atoms with Gasteiger partial charge in [-0.15, -0.1) is 24.0 Å². The highest BCUT2D eigenvalue weighted by molar-refractivity contribution is 14.0. The highest BCUT2D eigenvalue weighted by Crippen LogP contribution is 2.28. The molecule has 0 spiro atoms. The molecular weight excluding hydrogens is 463 g/mol. The van der Waals surface area contributed by atoms with E-state index in [2.05, 4.69) is 20.3 Å². The summed E-state index contributed by atoms with van der Waals surface area (Å²) in [6, 6.07) is 6.84. The summed E-state index contributed by atoms with van der Waals surface area (Å²) in [5.74, 6) is 1.70. The fourth-order valence-corrected chi connectivity index (χ4v) is 3.94. The van der Waals surface area contributed by atoms with Gasteiger partial charge in [0.25, 0.3) is 0 Å². The second kappa shape index (κ2) is 11.8. The molecule has 2 rings (SSSR count). The molecular formula is C18H31IN4O2S. The number of guanidine groups is 1. The average Bonchev–Trinajstić information content (AvgIpc) is 3.15. The SMILES string of the molecule is CN=C(NCCCC1CCCC1)NCc1ccc(S(=O)(=O)NC)cc1.I. The van der Waals surface area contributed by atoms with E-state index in [9.17, 15) is 8.42 Å².